The summed E-state index contributed by atoms with van der Waals surface area (Å²) in [5.41, 5.74) is 1.69. The predicted octanol–water partition coefficient (Wildman–Crippen LogP) is 3.70. The standard InChI is InChI=1S/C17H23N3O/c1-4-11-20-15(12-18-19-20)17(21)16(13(3)5-2)14-9-7-6-8-10-14/h6-10,12-13,16H,4-5,11H2,1-3H3. The zero-order valence-electron chi connectivity index (χ0n) is 13.0. The minimum absolute atomic E-state index is 0.119. The molecule has 0 aliphatic heterocycles. The second kappa shape index (κ2) is 7.16. The number of hydrogen-bond donors (Lipinski definition) is 0. The molecule has 0 radical (unpaired) electrons. The fourth-order valence-electron chi connectivity index (χ4n) is 2.62. The third kappa shape index (κ3) is 3.38. The minimum atomic E-state index is -0.134. The van der Waals surface area contributed by atoms with E-state index in [1.54, 1.807) is 10.9 Å². The number of aryl methyl sites for hydroxylation is 1. The maximum absolute atomic E-state index is 13.0. The van der Waals surface area contributed by atoms with E-state index in [2.05, 4.69) is 31.1 Å². The number of hydrogen-bond acceptors (Lipinski definition) is 3. The molecule has 4 heteroatoms. The first kappa shape index (κ1) is 15.4. The van der Waals surface area contributed by atoms with Crippen LogP contribution >= 0.6 is 0 Å². The molecule has 0 N–H and O–H groups in total. The van der Waals surface area contributed by atoms with Crippen LogP contribution in [0.3, 0.4) is 0 Å². The zero-order chi connectivity index (χ0) is 15.2. The second-order valence-corrected chi connectivity index (χ2v) is 5.48. The molecule has 0 fully saturated rings. The van der Waals surface area contributed by atoms with Gasteiger partial charge in [-0.3, -0.25) is 4.79 Å². The predicted molar refractivity (Wildman–Crippen MR) is 83.3 cm³/mol. The highest BCUT2D eigenvalue weighted by Gasteiger charge is 2.29. The fourth-order valence-corrected chi connectivity index (χ4v) is 2.62. The lowest BCUT2D eigenvalue weighted by Gasteiger charge is -2.22. The first-order chi connectivity index (χ1) is 10.2. The quantitative estimate of drug-likeness (QED) is 0.729. The van der Waals surface area contributed by atoms with Gasteiger partial charge >= 0.3 is 0 Å². The van der Waals surface area contributed by atoms with Crippen LogP contribution in [0.4, 0.5) is 0 Å². The van der Waals surface area contributed by atoms with Crippen LogP contribution in [0.25, 0.3) is 0 Å². The number of carbonyl (C=O) groups excluding carboxylic acids is 1. The number of benzene rings is 1. The SMILES string of the molecule is CCCn1nncc1C(=O)C(c1ccccc1)C(C)CC. The molecule has 0 aliphatic rings. The van der Waals surface area contributed by atoms with Crippen molar-refractivity contribution in [2.24, 2.45) is 5.92 Å². The molecule has 2 aromatic rings. The van der Waals surface area contributed by atoms with Gasteiger partial charge in [0, 0.05) is 6.54 Å². The van der Waals surface area contributed by atoms with Crippen molar-refractivity contribution in [2.45, 2.75) is 46.1 Å². The first-order valence-corrected chi connectivity index (χ1v) is 7.66. The Bertz CT molecular complexity index is 577. The molecule has 2 rings (SSSR count). The summed E-state index contributed by atoms with van der Waals surface area (Å²) in [7, 11) is 0. The molecular weight excluding hydrogens is 262 g/mol. The molecule has 1 aromatic carbocycles. The summed E-state index contributed by atoms with van der Waals surface area (Å²) in [6.07, 6.45) is 3.49. The van der Waals surface area contributed by atoms with Crippen LogP contribution in [0.15, 0.2) is 36.5 Å². The Hall–Kier alpha value is -1.97. The summed E-state index contributed by atoms with van der Waals surface area (Å²) in [6.45, 7) is 7.04. The normalized spacial score (nSPS) is 13.9. The van der Waals surface area contributed by atoms with Crippen LogP contribution in [-0.2, 0) is 6.54 Å². The summed E-state index contributed by atoms with van der Waals surface area (Å²) < 4.78 is 1.72. The van der Waals surface area contributed by atoms with E-state index < -0.39 is 0 Å². The number of rotatable bonds is 7. The fraction of sp³-hybridized carbons (Fsp3) is 0.471. The zero-order valence-corrected chi connectivity index (χ0v) is 13.0. The third-order valence-corrected chi connectivity index (χ3v) is 3.96. The monoisotopic (exact) mass is 285 g/mol. The second-order valence-electron chi connectivity index (χ2n) is 5.48. The Balaban J connectivity index is 2.37. The van der Waals surface area contributed by atoms with Gasteiger partial charge in [-0.25, -0.2) is 4.68 Å². The van der Waals surface area contributed by atoms with Crippen LogP contribution in [0.1, 0.15) is 55.6 Å². The Morgan fingerprint density at radius 1 is 1.24 bits per heavy atom. The molecule has 0 spiro atoms. The van der Waals surface area contributed by atoms with Gasteiger partial charge in [-0.1, -0.05) is 62.7 Å². The summed E-state index contributed by atoms with van der Waals surface area (Å²) in [6, 6.07) is 10.0. The van der Waals surface area contributed by atoms with Crippen LogP contribution in [0, 0.1) is 5.92 Å². The van der Waals surface area contributed by atoms with Gasteiger partial charge in [0.1, 0.15) is 5.69 Å². The highest BCUT2D eigenvalue weighted by atomic mass is 16.1. The molecule has 4 nitrogen and oxygen atoms in total. The number of ketones is 1. The van der Waals surface area contributed by atoms with Crippen LogP contribution in [0.2, 0.25) is 0 Å². The number of aromatic nitrogens is 3. The molecule has 21 heavy (non-hydrogen) atoms. The minimum Gasteiger partial charge on any atom is -0.292 e. The summed E-state index contributed by atoms with van der Waals surface area (Å²) in [5.74, 6) is 0.268. The summed E-state index contributed by atoms with van der Waals surface area (Å²) in [5, 5.41) is 7.95. The van der Waals surface area contributed by atoms with Gasteiger partial charge in [0.25, 0.3) is 0 Å². The Morgan fingerprint density at radius 2 is 1.95 bits per heavy atom. The molecule has 0 saturated heterocycles. The van der Waals surface area contributed by atoms with Gasteiger partial charge in [0.2, 0.25) is 0 Å². The topological polar surface area (TPSA) is 47.8 Å². The molecule has 1 aromatic heterocycles. The Morgan fingerprint density at radius 3 is 2.57 bits per heavy atom. The summed E-state index contributed by atoms with van der Waals surface area (Å²) in [4.78, 5) is 13.0. The van der Waals surface area contributed by atoms with Crippen LogP contribution in [0.5, 0.6) is 0 Å². The van der Waals surface area contributed by atoms with E-state index in [1.807, 2.05) is 30.3 Å². The molecule has 1 heterocycles. The maximum atomic E-state index is 13.0. The lowest BCUT2D eigenvalue weighted by Crippen LogP contribution is -2.23. The smallest absolute Gasteiger partial charge is 0.190 e. The molecule has 112 valence electrons. The van der Waals surface area contributed by atoms with Crippen molar-refractivity contribution in [1.29, 1.82) is 0 Å². The van der Waals surface area contributed by atoms with Gasteiger partial charge in [-0.2, -0.15) is 0 Å². The van der Waals surface area contributed by atoms with Crippen molar-refractivity contribution < 1.29 is 4.79 Å². The van der Waals surface area contributed by atoms with E-state index in [1.165, 1.54) is 0 Å². The van der Waals surface area contributed by atoms with Crippen molar-refractivity contribution in [1.82, 2.24) is 15.0 Å². The van der Waals surface area contributed by atoms with E-state index >= 15 is 0 Å². The molecule has 2 unspecified atom stereocenters. The molecule has 0 aliphatic carbocycles. The van der Waals surface area contributed by atoms with E-state index in [-0.39, 0.29) is 17.6 Å². The van der Waals surface area contributed by atoms with Crippen molar-refractivity contribution >= 4 is 5.78 Å². The molecule has 2 atom stereocenters. The molecular formula is C17H23N3O. The molecule has 0 amide bonds. The van der Waals surface area contributed by atoms with E-state index in [0.29, 0.717) is 5.69 Å². The average Bonchev–Trinajstić information content (AvgIpc) is 2.97. The van der Waals surface area contributed by atoms with Crippen molar-refractivity contribution in [3.63, 3.8) is 0 Å². The first-order valence-electron chi connectivity index (χ1n) is 7.66. The largest absolute Gasteiger partial charge is 0.292 e. The van der Waals surface area contributed by atoms with E-state index in [4.69, 9.17) is 0 Å². The van der Waals surface area contributed by atoms with Gasteiger partial charge in [-0.05, 0) is 17.9 Å². The lowest BCUT2D eigenvalue weighted by molar-refractivity contribution is 0.0921. The highest BCUT2D eigenvalue weighted by Crippen LogP contribution is 2.30. The van der Waals surface area contributed by atoms with Gasteiger partial charge < -0.3 is 0 Å². The molecule has 0 saturated carbocycles. The van der Waals surface area contributed by atoms with Crippen molar-refractivity contribution in [3.8, 4) is 0 Å². The highest BCUT2D eigenvalue weighted by molar-refractivity contribution is 5.99. The van der Waals surface area contributed by atoms with Crippen molar-refractivity contribution in [3.05, 3.63) is 47.8 Å². The van der Waals surface area contributed by atoms with Crippen LogP contribution in [-0.4, -0.2) is 20.8 Å². The van der Waals surface area contributed by atoms with E-state index in [9.17, 15) is 4.79 Å². The Kier molecular flexibility index (Phi) is 5.26. The lowest BCUT2D eigenvalue weighted by atomic mass is 9.81. The summed E-state index contributed by atoms with van der Waals surface area (Å²) >= 11 is 0. The van der Waals surface area contributed by atoms with Gasteiger partial charge in [0.05, 0.1) is 12.1 Å². The number of carbonyl (C=O) groups is 1. The average molecular weight is 285 g/mol. The van der Waals surface area contributed by atoms with Gasteiger partial charge in [0.15, 0.2) is 5.78 Å². The van der Waals surface area contributed by atoms with Crippen molar-refractivity contribution in [2.75, 3.05) is 0 Å². The van der Waals surface area contributed by atoms with Crippen LogP contribution < -0.4 is 0 Å². The molecule has 0 bridgehead atoms. The Labute approximate surface area is 126 Å². The third-order valence-electron chi connectivity index (χ3n) is 3.96. The van der Waals surface area contributed by atoms with E-state index in [0.717, 1.165) is 24.9 Å². The maximum Gasteiger partial charge on any atom is 0.190 e. The van der Waals surface area contributed by atoms with Gasteiger partial charge in [-0.15, -0.1) is 5.10 Å². The number of nitrogens with zero attached hydrogens (tertiary/aromatic N) is 3. The number of Topliss-reactive ketones (excluding diaryl/α,β-unsaturated/α-hetero) is 1.